The minimum absolute atomic E-state index is 0.0153. The monoisotopic (exact) mass is 375 g/mol. The summed E-state index contributed by atoms with van der Waals surface area (Å²) in [6.45, 7) is 0. The summed E-state index contributed by atoms with van der Waals surface area (Å²) in [5.41, 5.74) is 10.5. The van der Waals surface area contributed by atoms with Crippen LogP contribution in [-0.2, 0) is 0 Å². The minimum atomic E-state index is -0.856. The number of rotatable bonds is 3. The number of benzene rings is 2. The second kappa shape index (κ2) is 5.87. The van der Waals surface area contributed by atoms with Gasteiger partial charge in [0.05, 0.1) is 16.3 Å². The van der Waals surface area contributed by atoms with Gasteiger partial charge in [0.15, 0.2) is 11.6 Å². The second-order valence-electron chi connectivity index (χ2n) is 4.16. The number of hydrogen-bond acceptors (Lipinski definition) is 3. The number of nitrogens with one attached hydrogen (secondary N) is 1. The third kappa shape index (κ3) is 3.25. The quantitative estimate of drug-likeness (QED) is 0.713. The van der Waals surface area contributed by atoms with E-state index in [9.17, 15) is 13.6 Å². The molecule has 0 fully saturated rings. The van der Waals surface area contributed by atoms with Gasteiger partial charge >= 0.3 is 0 Å². The van der Waals surface area contributed by atoms with Crippen molar-refractivity contribution in [3.05, 3.63) is 51.0 Å². The Kier molecular flexibility index (Phi) is 4.34. The summed E-state index contributed by atoms with van der Waals surface area (Å²) in [6, 6.07) is 4.75. The van der Waals surface area contributed by atoms with E-state index in [1.54, 1.807) is 0 Å². The summed E-state index contributed by atoms with van der Waals surface area (Å²) < 4.78 is 27.9. The van der Waals surface area contributed by atoms with Gasteiger partial charge in [-0.15, -0.1) is 0 Å². The number of amides is 1. The van der Waals surface area contributed by atoms with Crippen LogP contribution in [0.1, 0.15) is 10.4 Å². The van der Waals surface area contributed by atoms with E-state index in [-0.39, 0.29) is 26.4 Å². The van der Waals surface area contributed by atoms with E-state index in [0.717, 1.165) is 12.1 Å². The van der Waals surface area contributed by atoms with Crippen molar-refractivity contribution in [3.8, 4) is 0 Å². The molecule has 0 aromatic heterocycles. The van der Waals surface area contributed by atoms with Gasteiger partial charge in [-0.3, -0.25) is 4.79 Å². The molecule has 0 aliphatic heterocycles. The molecule has 110 valence electrons. The Labute approximate surface area is 132 Å². The summed E-state index contributed by atoms with van der Waals surface area (Å²) in [5.74, 6) is -2.54. The zero-order valence-electron chi connectivity index (χ0n) is 10.4. The highest BCUT2D eigenvalue weighted by Crippen LogP contribution is 2.34. The van der Waals surface area contributed by atoms with Gasteiger partial charge in [0.25, 0.3) is 5.91 Å². The fraction of sp³-hybridized carbons (Fsp3) is 0. The number of carbonyl (C=O) groups is 1. The van der Waals surface area contributed by atoms with Crippen LogP contribution >= 0.6 is 27.5 Å². The Hall–Kier alpha value is -1.86. The lowest BCUT2D eigenvalue weighted by molar-refractivity contribution is 0.100. The number of nitrogens with two attached hydrogens (primary N) is 2. The van der Waals surface area contributed by atoms with Gasteiger partial charge in [-0.1, -0.05) is 27.5 Å². The first-order valence-corrected chi connectivity index (χ1v) is 6.77. The molecule has 0 saturated heterocycles. The summed E-state index contributed by atoms with van der Waals surface area (Å²) in [4.78, 5) is 11.4. The molecule has 0 unspecified atom stereocenters. The van der Waals surface area contributed by atoms with Gasteiger partial charge in [0.2, 0.25) is 0 Å². The second-order valence-corrected chi connectivity index (χ2v) is 5.48. The lowest BCUT2D eigenvalue weighted by Crippen LogP contribution is -2.14. The molecular weight excluding hydrogens is 368 g/mol. The molecule has 5 N–H and O–H groups in total. The molecule has 0 radical (unpaired) electrons. The predicted molar refractivity (Wildman–Crippen MR) is 81.7 cm³/mol. The maximum atomic E-state index is 13.8. The van der Waals surface area contributed by atoms with Crippen LogP contribution in [0.5, 0.6) is 0 Å². The average molecular weight is 377 g/mol. The summed E-state index contributed by atoms with van der Waals surface area (Å²) in [6.07, 6.45) is 0. The number of primary amides is 1. The zero-order chi connectivity index (χ0) is 15.7. The largest absolute Gasteiger partial charge is 0.399 e. The van der Waals surface area contributed by atoms with Crippen molar-refractivity contribution in [2.45, 2.75) is 0 Å². The third-order valence-corrected chi connectivity index (χ3v) is 3.39. The Morgan fingerprint density at radius 1 is 1.14 bits per heavy atom. The SMILES string of the molecule is NC(=O)c1cc(N)cc(Cl)c1Nc1c(F)cc(Br)cc1F. The molecule has 0 bridgehead atoms. The molecule has 2 aromatic carbocycles. The van der Waals surface area contributed by atoms with Crippen LogP contribution in [0.4, 0.5) is 25.8 Å². The molecule has 2 aromatic rings. The van der Waals surface area contributed by atoms with Crippen LogP contribution in [0, 0.1) is 11.6 Å². The Bertz CT molecular complexity index is 717. The summed E-state index contributed by atoms with van der Waals surface area (Å²) in [7, 11) is 0. The van der Waals surface area contributed by atoms with Crippen molar-refractivity contribution in [3.63, 3.8) is 0 Å². The van der Waals surface area contributed by atoms with E-state index in [1.165, 1.54) is 12.1 Å². The average Bonchev–Trinajstić information content (AvgIpc) is 2.34. The fourth-order valence-corrected chi connectivity index (χ4v) is 2.41. The van der Waals surface area contributed by atoms with Gasteiger partial charge in [-0.25, -0.2) is 8.78 Å². The molecule has 0 saturated carbocycles. The van der Waals surface area contributed by atoms with Crippen molar-refractivity contribution >= 4 is 50.5 Å². The standard InChI is InChI=1S/C13H9BrClF2N3O/c14-5-1-9(16)12(10(17)2-5)20-11-7(13(19)21)3-6(18)4-8(11)15/h1-4,20H,18H2,(H2,19,21). The number of hydrogen-bond donors (Lipinski definition) is 3. The number of carbonyl (C=O) groups excluding carboxylic acids is 1. The molecule has 0 atom stereocenters. The first-order chi connectivity index (χ1) is 9.79. The highest BCUT2D eigenvalue weighted by Gasteiger charge is 2.17. The van der Waals surface area contributed by atoms with E-state index >= 15 is 0 Å². The molecule has 4 nitrogen and oxygen atoms in total. The predicted octanol–water partition coefficient (Wildman–Crippen LogP) is 3.81. The van der Waals surface area contributed by atoms with Crippen LogP contribution in [0.3, 0.4) is 0 Å². The summed E-state index contributed by atoms with van der Waals surface area (Å²) in [5, 5.41) is 2.47. The number of anilines is 3. The first kappa shape index (κ1) is 15.5. The van der Waals surface area contributed by atoms with Crippen LogP contribution in [0.15, 0.2) is 28.7 Å². The van der Waals surface area contributed by atoms with Crippen LogP contribution in [-0.4, -0.2) is 5.91 Å². The molecule has 21 heavy (non-hydrogen) atoms. The van der Waals surface area contributed by atoms with Gasteiger partial charge in [-0.2, -0.15) is 0 Å². The lowest BCUT2D eigenvalue weighted by atomic mass is 10.1. The Morgan fingerprint density at radius 3 is 2.24 bits per heavy atom. The van der Waals surface area contributed by atoms with E-state index in [1.807, 2.05) is 0 Å². The number of nitrogen functional groups attached to an aromatic ring is 1. The van der Waals surface area contributed by atoms with Crippen molar-refractivity contribution in [1.29, 1.82) is 0 Å². The van der Waals surface area contributed by atoms with Crippen LogP contribution < -0.4 is 16.8 Å². The van der Waals surface area contributed by atoms with E-state index in [4.69, 9.17) is 23.1 Å². The van der Waals surface area contributed by atoms with E-state index in [2.05, 4.69) is 21.2 Å². The van der Waals surface area contributed by atoms with Crippen molar-refractivity contribution in [1.82, 2.24) is 0 Å². The smallest absolute Gasteiger partial charge is 0.250 e. The molecule has 0 aliphatic rings. The van der Waals surface area contributed by atoms with Crippen molar-refractivity contribution < 1.29 is 13.6 Å². The minimum Gasteiger partial charge on any atom is -0.399 e. The molecule has 0 heterocycles. The van der Waals surface area contributed by atoms with Crippen molar-refractivity contribution in [2.24, 2.45) is 5.73 Å². The Morgan fingerprint density at radius 2 is 1.71 bits per heavy atom. The van der Waals surface area contributed by atoms with Gasteiger partial charge < -0.3 is 16.8 Å². The number of halogens is 4. The molecule has 0 aliphatic carbocycles. The third-order valence-electron chi connectivity index (χ3n) is 2.63. The van der Waals surface area contributed by atoms with Gasteiger partial charge in [0, 0.05) is 10.2 Å². The van der Waals surface area contributed by atoms with Crippen LogP contribution in [0.25, 0.3) is 0 Å². The molecule has 8 heteroatoms. The normalized spacial score (nSPS) is 10.5. The lowest BCUT2D eigenvalue weighted by Gasteiger charge is -2.14. The fourth-order valence-electron chi connectivity index (χ4n) is 1.74. The molecular formula is C13H9BrClF2N3O. The van der Waals surface area contributed by atoms with Crippen molar-refractivity contribution in [2.75, 3.05) is 11.1 Å². The van der Waals surface area contributed by atoms with Gasteiger partial charge in [-0.05, 0) is 24.3 Å². The molecule has 1 amide bonds. The topological polar surface area (TPSA) is 81.1 Å². The van der Waals surface area contributed by atoms with E-state index < -0.39 is 23.2 Å². The maximum Gasteiger partial charge on any atom is 0.250 e. The van der Waals surface area contributed by atoms with E-state index in [0.29, 0.717) is 0 Å². The van der Waals surface area contributed by atoms with Crippen LogP contribution in [0.2, 0.25) is 5.02 Å². The molecule has 2 rings (SSSR count). The Balaban J connectivity index is 2.57. The highest BCUT2D eigenvalue weighted by molar-refractivity contribution is 9.10. The highest BCUT2D eigenvalue weighted by atomic mass is 79.9. The maximum absolute atomic E-state index is 13.8. The van der Waals surface area contributed by atoms with Gasteiger partial charge in [0.1, 0.15) is 5.69 Å². The summed E-state index contributed by atoms with van der Waals surface area (Å²) >= 11 is 8.93. The zero-order valence-corrected chi connectivity index (χ0v) is 12.7. The molecule has 0 spiro atoms. The first-order valence-electron chi connectivity index (χ1n) is 5.60.